The van der Waals surface area contributed by atoms with Crippen molar-refractivity contribution in [1.82, 2.24) is 0 Å². The molecular weight excluding hydrogens is 552 g/mol. The zero-order chi connectivity index (χ0) is 23.5. The second-order valence-electron chi connectivity index (χ2n) is 7.29. The Hall–Kier alpha value is -3.23. The number of para-hydroxylation sites is 1. The quantitative estimate of drug-likeness (QED) is 0.354. The van der Waals surface area contributed by atoms with Gasteiger partial charge in [-0.2, -0.15) is 10.1 Å². The lowest BCUT2D eigenvalue weighted by Crippen LogP contribution is -2.21. The number of benzene rings is 3. The van der Waals surface area contributed by atoms with Gasteiger partial charge in [-0.05, 0) is 70.9 Å². The summed E-state index contributed by atoms with van der Waals surface area (Å²) in [6.45, 7) is 2.03. The van der Waals surface area contributed by atoms with Crippen LogP contribution in [0.25, 0.3) is 6.08 Å². The van der Waals surface area contributed by atoms with E-state index in [0.29, 0.717) is 32.8 Å². The van der Waals surface area contributed by atoms with Gasteiger partial charge in [0, 0.05) is 10.0 Å². The van der Waals surface area contributed by atoms with Crippen LogP contribution in [0.4, 0.5) is 5.69 Å². The minimum absolute atomic E-state index is 0.214. The Morgan fingerprint density at radius 3 is 2.45 bits per heavy atom. The van der Waals surface area contributed by atoms with E-state index >= 15 is 0 Å². The molecule has 0 bridgehead atoms. The van der Waals surface area contributed by atoms with Crippen molar-refractivity contribution < 1.29 is 19.4 Å². The van der Waals surface area contributed by atoms with E-state index in [9.17, 15) is 9.59 Å². The first-order chi connectivity index (χ1) is 15.8. The number of amides is 1. The molecule has 1 heterocycles. The second-order valence-corrected chi connectivity index (χ2v) is 9.06. The van der Waals surface area contributed by atoms with Crippen molar-refractivity contribution >= 4 is 61.2 Å². The van der Waals surface area contributed by atoms with Gasteiger partial charge in [0.05, 0.1) is 27.0 Å². The van der Waals surface area contributed by atoms with Gasteiger partial charge in [0.2, 0.25) is 0 Å². The number of anilines is 1. The van der Waals surface area contributed by atoms with E-state index in [4.69, 9.17) is 9.84 Å². The van der Waals surface area contributed by atoms with Crippen molar-refractivity contribution in [3.8, 4) is 5.75 Å². The van der Waals surface area contributed by atoms with E-state index in [-0.39, 0.29) is 18.1 Å². The number of rotatable bonds is 6. The number of hydrogen-bond acceptors (Lipinski definition) is 4. The molecule has 1 aliphatic rings. The van der Waals surface area contributed by atoms with Crippen LogP contribution in [-0.4, -0.2) is 22.7 Å². The zero-order valence-corrected chi connectivity index (χ0v) is 20.6. The maximum atomic E-state index is 13.1. The molecule has 6 nitrogen and oxygen atoms in total. The number of carboxylic acids is 1. The highest BCUT2D eigenvalue weighted by molar-refractivity contribution is 9.11. The van der Waals surface area contributed by atoms with Gasteiger partial charge in [0.1, 0.15) is 12.4 Å². The summed E-state index contributed by atoms with van der Waals surface area (Å²) in [5, 5.41) is 14.9. The summed E-state index contributed by atoms with van der Waals surface area (Å²) in [4.78, 5) is 24.2. The fourth-order valence-electron chi connectivity index (χ4n) is 3.32. The number of ether oxygens (including phenoxy) is 1. The molecule has 0 aliphatic carbocycles. The topological polar surface area (TPSA) is 79.2 Å². The molecule has 33 heavy (non-hydrogen) atoms. The molecule has 1 aliphatic heterocycles. The summed E-state index contributed by atoms with van der Waals surface area (Å²) in [6.07, 6.45) is 1.77. The molecule has 0 unspecified atom stereocenters. The highest BCUT2D eigenvalue weighted by atomic mass is 79.9. The molecule has 8 heteroatoms. The van der Waals surface area contributed by atoms with Crippen molar-refractivity contribution in [2.24, 2.45) is 5.10 Å². The maximum absolute atomic E-state index is 13.1. The van der Waals surface area contributed by atoms with Gasteiger partial charge in [-0.25, -0.2) is 4.79 Å². The van der Waals surface area contributed by atoms with Crippen LogP contribution in [0.1, 0.15) is 28.4 Å². The van der Waals surface area contributed by atoms with Crippen molar-refractivity contribution in [2.75, 3.05) is 5.01 Å². The monoisotopic (exact) mass is 568 g/mol. The number of aromatic carboxylic acids is 1. The number of carboxylic acid groups (broad SMARTS) is 1. The fraction of sp³-hybridized carbons (Fsp3) is 0.0800. The SMILES string of the molecule is CC1=NN(c2ccccc2)C(=O)/C1=C/c1cc(Br)cc(Br)c1OCc1ccc(C(=O)O)cc1. The van der Waals surface area contributed by atoms with Crippen LogP contribution < -0.4 is 9.75 Å². The molecule has 3 aromatic carbocycles. The molecule has 0 fully saturated rings. The molecule has 0 saturated heterocycles. The van der Waals surface area contributed by atoms with E-state index < -0.39 is 5.97 Å². The van der Waals surface area contributed by atoms with Gasteiger partial charge < -0.3 is 9.84 Å². The van der Waals surface area contributed by atoms with E-state index in [0.717, 1.165) is 10.0 Å². The average molecular weight is 570 g/mol. The molecule has 0 atom stereocenters. The molecule has 0 spiro atoms. The third kappa shape index (κ3) is 5.07. The van der Waals surface area contributed by atoms with E-state index in [1.54, 1.807) is 25.1 Å². The number of carbonyl (C=O) groups is 2. The first-order valence-electron chi connectivity index (χ1n) is 9.94. The second kappa shape index (κ2) is 9.72. The van der Waals surface area contributed by atoms with Crippen molar-refractivity contribution in [3.63, 3.8) is 0 Å². The lowest BCUT2D eigenvalue weighted by atomic mass is 10.1. The van der Waals surface area contributed by atoms with Crippen LogP contribution in [0.15, 0.2) is 86.3 Å². The van der Waals surface area contributed by atoms with E-state index in [1.807, 2.05) is 42.5 Å². The van der Waals surface area contributed by atoms with E-state index in [2.05, 4.69) is 37.0 Å². The third-order valence-corrected chi connectivity index (χ3v) is 6.03. The molecule has 1 N–H and O–H groups in total. The lowest BCUT2D eigenvalue weighted by molar-refractivity contribution is -0.114. The maximum Gasteiger partial charge on any atom is 0.335 e. The van der Waals surface area contributed by atoms with Gasteiger partial charge in [0.25, 0.3) is 5.91 Å². The van der Waals surface area contributed by atoms with Crippen molar-refractivity contribution in [2.45, 2.75) is 13.5 Å². The zero-order valence-electron chi connectivity index (χ0n) is 17.5. The minimum atomic E-state index is -0.977. The van der Waals surface area contributed by atoms with Crippen LogP contribution in [0.5, 0.6) is 5.75 Å². The summed E-state index contributed by atoms with van der Waals surface area (Å²) < 4.78 is 7.61. The molecule has 0 aromatic heterocycles. The number of hydrazone groups is 1. The molecule has 3 aromatic rings. The molecular formula is C25H18Br2N2O4. The molecule has 166 valence electrons. The Balaban J connectivity index is 1.63. The summed E-state index contributed by atoms with van der Waals surface area (Å²) in [7, 11) is 0. The van der Waals surface area contributed by atoms with Gasteiger partial charge in [-0.3, -0.25) is 4.79 Å². The normalized spacial score (nSPS) is 14.5. The standard InChI is InChI=1S/C25H18Br2N2O4/c1-15-21(24(30)29(28-15)20-5-3-2-4-6-20)12-18-11-19(26)13-22(27)23(18)33-14-16-7-9-17(10-8-16)25(31)32/h2-13H,14H2,1H3,(H,31,32)/b21-12+. The third-order valence-electron chi connectivity index (χ3n) is 4.98. The molecule has 1 amide bonds. The molecule has 0 saturated carbocycles. The molecule has 0 radical (unpaired) electrons. The van der Waals surface area contributed by atoms with Crippen molar-refractivity contribution in [1.29, 1.82) is 0 Å². The Morgan fingerprint density at radius 2 is 1.79 bits per heavy atom. The van der Waals surface area contributed by atoms with E-state index in [1.165, 1.54) is 17.1 Å². The first kappa shape index (κ1) is 22.9. The van der Waals surface area contributed by atoms with Crippen LogP contribution in [0, 0.1) is 0 Å². The van der Waals surface area contributed by atoms with Gasteiger partial charge in [0.15, 0.2) is 0 Å². The number of nitrogens with zero attached hydrogens (tertiary/aromatic N) is 2. The minimum Gasteiger partial charge on any atom is -0.487 e. The smallest absolute Gasteiger partial charge is 0.335 e. The highest BCUT2D eigenvalue weighted by Gasteiger charge is 2.29. The van der Waals surface area contributed by atoms with Crippen LogP contribution in [-0.2, 0) is 11.4 Å². The molecule has 4 rings (SSSR count). The highest BCUT2D eigenvalue weighted by Crippen LogP contribution is 2.36. The number of carbonyl (C=O) groups excluding carboxylic acids is 1. The Kier molecular flexibility index (Phi) is 6.76. The van der Waals surface area contributed by atoms with Gasteiger partial charge >= 0.3 is 5.97 Å². The Bertz CT molecular complexity index is 1290. The van der Waals surface area contributed by atoms with Crippen LogP contribution in [0.3, 0.4) is 0 Å². The Labute approximate surface area is 207 Å². The summed E-state index contributed by atoms with van der Waals surface area (Å²) in [5.74, 6) is -0.633. The lowest BCUT2D eigenvalue weighted by Gasteiger charge is -2.14. The van der Waals surface area contributed by atoms with Gasteiger partial charge in [-0.15, -0.1) is 0 Å². The summed E-state index contributed by atoms with van der Waals surface area (Å²) in [5.41, 5.74) is 3.51. The predicted molar refractivity (Wildman–Crippen MR) is 135 cm³/mol. The number of halogens is 2. The first-order valence-corrected chi connectivity index (χ1v) is 11.5. The van der Waals surface area contributed by atoms with Crippen LogP contribution in [0.2, 0.25) is 0 Å². The predicted octanol–water partition coefficient (Wildman–Crippen LogP) is 6.29. The van der Waals surface area contributed by atoms with Crippen molar-refractivity contribution in [3.05, 3.63) is 97.9 Å². The number of hydrogen-bond donors (Lipinski definition) is 1. The largest absolute Gasteiger partial charge is 0.487 e. The summed E-state index contributed by atoms with van der Waals surface area (Å²) >= 11 is 7.04. The fourth-order valence-corrected chi connectivity index (χ4v) is 4.70. The Morgan fingerprint density at radius 1 is 1.09 bits per heavy atom. The summed E-state index contributed by atoms with van der Waals surface area (Å²) in [6, 6.07) is 19.5. The van der Waals surface area contributed by atoms with Crippen LogP contribution >= 0.6 is 31.9 Å². The average Bonchev–Trinajstić information content (AvgIpc) is 3.07. The van der Waals surface area contributed by atoms with Gasteiger partial charge in [-0.1, -0.05) is 46.3 Å².